The Kier molecular flexibility index (Phi) is 7.17. The number of oxime groups is 1. The van der Waals surface area contributed by atoms with Crippen LogP contribution in [0, 0.1) is 6.92 Å². The largest absolute Gasteiger partial charge is 0.497 e. The number of aryl methyl sites for hydroxylation is 1. The molecule has 7 heteroatoms. The molecular weight excluding hydrogens is 336 g/mol. The van der Waals surface area contributed by atoms with E-state index in [0.29, 0.717) is 5.69 Å². The monoisotopic (exact) mass is 356 g/mol. The first-order valence-electron chi connectivity index (χ1n) is 7.88. The SMILES string of the molecule is COc1ccc(/C=N\OCC(=O)OCC(=O)Nc2ccc(C)cc2)cc1. The van der Waals surface area contributed by atoms with Gasteiger partial charge in [0.15, 0.2) is 6.61 Å². The smallest absolute Gasteiger partial charge is 0.347 e. The molecule has 136 valence electrons. The van der Waals surface area contributed by atoms with E-state index in [-0.39, 0.29) is 6.61 Å². The number of carbonyl (C=O) groups is 2. The van der Waals surface area contributed by atoms with E-state index in [1.165, 1.54) is 6.21 Å². The number of nitrogens with zero attached hydrogens (tertiary/aromatic N) is 1. The standard InChI is InChI=1S/C19H20N2O5/c1-14-3-7-16(8-4-14)21-18(22)12-25-19(23)13-26-20-11-15-5-9-17(24-2)10-6-15/h3-11H,12-13H2,1-2H3,(H,21,22)/b20-11-. The predicted octanol–water partition coefficient (Wildman–Crippen LogP) is 2.54. The quantitative estimate of drug-likeness (QED) is 0.446. The Balaban J connectivity index is 1.65. The number of carbonyl (C=O) groups excluding carboxylic acids is 2. The van der Waals surface area contributed by atoms with Crippen molar-refractivity contribution in [2.24, 2.45) is 5.16 Å². The maximum Gasteiger partial charge on any atom is 0.347 e. The van der Waals surface area contributed by atoms with Gasteiger partial charge in [0.2, 0.25) is 6.61 Å². The van der Waals surface area contributed by atoms with E-state index in [0.717, 1.165) is 16.9 Å². The molecule has 0 spiro atoms. The second kappa shape index (κ2) is 9.83. The Bertz CT molecular complexity index is 755. The highest BCUT2D eigenvalue weighted by atomic mass is 16.7. The summed E-state index contributed by atoms with van der Waals surface area (Å²) >= 11 is 0. The van der Waals surface area contributed by atoms with Gasteiger partial charge >= 0.3 is 5.97 Å². The molecule has 0 radical (unpaired) electrons. The van der Waals surface area contributed by atoms with E-state index in [9.17, 15) is 9.59 Å². The lowest BCUT2D eigenvalue weighted by Crippen LogP contribution is -2.22. The van der Waals surface area contributed by atoms with Crippen LogP contribution in [0.25, 0.3) is 0 Å². The molecule has 0 heterocycles. The fourth-order valence-corrected chi connectivity index (χ4v) is 1.90. The molecule has 2 rings (SSSR count). The molecule has 2 aromatic rings. The number of anilines is 1. The van der Waals surface area contributed by atoms with Gasteiger partial charge in [-0.15, -0.1) is 0 Å². The van der Waals surface area contributed by atoms with E-state index in [1.54, 1.807) is 43.5 Å². The molecule has 0 saturated carbocycles. The first kappa shape index (κ1) is 19.0. The highest BCUT2D eigenvalue weighted by Crippen LogP contribution is 2.10. The molecule has 0 fully saturated rings. The summed E-state index contributed by atoms with van der Waals surface area (Å²) in [7, 11) is 1.58. The molecule has 0 aliphatic carbocycles. The van der Waals surface area contributed by atoms with Crippen LogP contribution in [-0.2, 0) is 19.2 Å². The molecule has 0 aliphatic rings. The van der Waals surface area contributed by atoms with E-state index in [2.05, 4.69) is 10.5 Å². The molecule has 0 saturated heterocycles. The predicted molar refractivity (Wildman–Crippen MR) is 97.3 cm³/mol. The molecule has 0 aliphatic heterocycles. The summed E-state index contributed by atoms with van der Waals surface area (Å²) in [5, 5.41) is 6.30. The molecule has 0 bridgehead atoms. The summed E-state index contributed by atoms with van der Waals surface area (Å²) in [6.45, 7) is 1.17. The van der Waals surface area contributed by atoms with Crippen LogP contribution in [0.3, 0.4) is 0 Å². The van der Waals surface area contributed by atoms with Crippen molar-refractivity contribution in [3.8, 4) is 5.75 Å². The summed E-state index contributed by atoms with van der Waals surface area (Å²) in [4.78, 5) is 28.1. The fourth-order valence-electron chi connectivity index (χ4n) is 1.90. The lowest BCUT2D eigenvalue weighted by Gasteiger charge is -2.06. The lowest BCUT2D eigenvalue weighted by atomic mass is 10.2. The lowest BCUT2D eigenvalue weighted by molar-refractivity contribution is -0.151. The minimum atomic E-state index is -0.684. The molecule has 0 aromatic heterocycles. The minimum Gasteiger partial charge on any atom is -0.497 e. The third-order valence-electron chi connectivity index (χ3n) is 3.27. The first-order chi connectivity index (χ1) is 12.6. The molecular formula is C19H20N2O5. The average molecular weight is 356 g/mol. The number of methoxy groups -OCH3 is 1. The van der Waals surface area contributed by atoms with Crippen LogP contribution in [-0.4, -0.2) is 38.4 Å². The fraction of sp³-hybridized carbons (Fsp3) is 0.211. The van der Waals surface area contributed by atoms with Crippen molar-refractivity contribution in [1.29, 1.82) is 0 Å². The average Bonchev–Trinajstić information content (AvgIpc) is 2.66. The van der Waals surface area contributed by atoms with Gasteiger partial charge in [-0.2, -0.15) is 0 Å². The molecule has 26 heavy (non-hydrogen) atoms. The van der Waals surface area contributed by atoms with Crippen LogP contribution < -0.4 is 10.1 Å². The van der Waals surface area contributed by atoms with Gasteiger partial charge in [-0.25, -0.2) is 4.79 Å². The van der Waals surface area contributed by atoms with Crippen LogP contribution in [0.2, 0.25) is 0 Å². The van der Waals surface area contributed by atoms with E-state index in [1.807, 2.05) is 19.1 Å². The van der Waals surface area contributed by atoms with Crippen molar-refractivity contribution in [3.63, 3.8) is 0 Å². The van der Waals surface area contributed by atoms with Gasteiger partial charge in [0, 0.05) is 5.69 Å². The number of rotatable bonds is 8. The van der Waals surface area contributed by atoms with Crippen LogP contribution in [0.15, 0.2) is 53.7 Å². The van der Waals surface area contributed by atoms with Crippen molar-refractivity contribution in [1.82, 2.24) is 0 Å². The van der Waals surface area contributed by atoms with Gasteiger partial charge in [-0.3, -0.25) is 4.79 Å². The van der Waals surface area contributed by atoms with Crippen LogP contribution in [0.1, 0.15) is 11.1 Å². The van der Waals surface area contributed by atoms with Crippen molar-refractivity contribution < 1.29 is 23.9 Å². The highest BCUT2D eigenvalue weighted by Gasteiger charge is 2.08. The number of ether oxygens (including phenoxy) is 2. The third-order valence-corrected chi connectivity index (χ3v) is 3.27. The van der Waals surface area contributed by atoms with Crippen molar-refractivity contribution in [2.45, 2.75) is 6.92 Å². The van der Waals surface area contributed by atoms with Gasteiger partial charge in [0.25, 0.3) is 5.91 Å². The normalized spacial score (nSPS) is 10.4. The Morgan fingerprint density at radius 3 is 2.38 bits per heavy atom. The summed E-state index contributed by atoms with van der Waals surface area (Å²) in [6, 6.07) is 14.4. The molecule has 1 N–H and O–H groups in total. The van der Waals surface area contributed by atoms with Gasteiger partial charge in [0.1, 0.15) is 5.75 Å². The van der Waals surface area contributed by atoms with Crippen molar-refractivity contribution >= 4 is 23.8 Å². The Labute approximate surface area is 151 Å². The Hall–Kier alpha value is -3.35. The second-order valence-corrected chi connectivity index (χ2v) is 5.36. The maximum absolute atomic E-state index is 11.7. The van der Waals surface area contributed by atoms with Crippen LogP contribution in [0.4, 0.5) is 5.69 Å². The van der Waals surface area contributed by atoms with Gasteiger partial charge in [-0.1, -0.05) is 22.9 Å². The number of amides is 1. The Morgan fingerprint density at radius 1 is 1.04 bits per heavy atom. The van der Waals surface area contributed by atoms with Crippen molar-refractivity contribution in [2.75, 3.05) is 25.6 Å². The highest BCUT2D eigenvalue weighted by molar-refractivity contribution is 5.92. The van der Waals surface area contributed by atoms with E-state index < -0.39 is 18.5 Å². The van der Waals surface area contributed by atoms with Crippen molar-refractivity contribution in [3.05, 3.63) is 59.7 Å². The van der Waals surface area contributed by atoms with Gasteiger partial charge in [0.05, 0.1) is 13.3 Å². The number of hydrogen-bond acceptors (Lipinski definition) is 6. The molecule has 0 atom stereocenters. The third kappa shape index (κ3) is 6.64. The van der Waals surface area contributed by atoms with E-state index >= 15 is 0 Å². The zero-order valence-electron chi connectivity index (χ0n) is 14.6. The first-order valence-corrected chi connectivity index (χ1v) is 7.88. The number of esters is 1. The molecule has 2 aromatic carbocycles. The van der Waals surface area contributed by atoms with Gasteiger partial charge in [-0.05, 0) is 48.9 Å². The Morgan fingerprint density at radius 2 is 1.73 bits per heavy atom. The second-order valence-electron chi connectivity index (χ2n) is 5.36. The number of nitrogens with one attached hydrogen (secondary N) is 1. The number of benzene rings is 2. The summed E-state index contributed by atoms with van der Waals surface area (Å²) in [6.07, 6.45) is 1.46. The molecule has 0 unspecified atom stereocenters. The van der Waals surface area contributed by atoms with Crippen LogP contribution in [0.5, 0.6) is 5.75 Å². The minimum absolute atomic E-state index is 0.384. The topological polar surface area (TPSA) is 86.2 Å². The summed E-state index contributed by atoms with van der Waals surface area (Å²) < 4.78 is 9.86. The number of hydrogen-bond donors (Lipinski definition) is 1. The summed E-state index contributed by atoms with van der Waals surface area (Å²) in [5.74, 6) is -0.379. The van der Waals surface area contributed by atoms with Crippen LogP contribution >= 0.6 is 0 Å². The van der Waals surface area contributed by atoms with Gasteiger partial charge < -0.3 is 19.6 Å². The maximum atomic E-state index is 11.7. The molecule has 7 nitrogen and oxygen atoms in total. The zero-order valence-corrected chi connectivity index (χ0v) is 14.6. The molecule has 1 amide bonds. The zero-order chi connectivity index (χ0) is 18.8. The summed E-state index contributed by atoms with van der Waals surface area (Å²) in [5.41, 5.74) is 2.51. The van der Waals surface area contributed by atoms with E-state index in [4.69, 9.17) is 14.3 Å².